The summed E-state index contributed by atoms with van der Waals surface area (Å²) in [5.74, 6) is -0.787. The highest BCUT2D eigenvalue weighted by molar-refractivity contribution is 9.10. The van der Waals surface area contributed by atoms with Gasteiger partial charge in [-0.05, 0) is 34.1 Å². The van der Waals surface area contributed by atoms with Crippen molar-refractivity contribution in [2.45, 2.75) is 0 Å². The summed E-state index contributed by atoms with van der Waals surface area (Å²) < 4.78 is 2.45. The predicted octanol–water partition coefficient (Wildman–Crippen LogP) is 1.19. The lowest BCUT2D eigenvalue weighted by Gasteiger charge is -2.06. The van der Waals surface area contributed by atoms with E-state index in [1.807, 2.05) is 0 Å². The maximum atomic E-state index is 11.8. The molecule has 7 heteroatoms. The minimum atomic E-state index is -0.401. The lowest BCUT2D eigenvalue weighted by molar-refractivity contribution is 0.0840. The van der Waals surface area contributed by atoms with Crippen LogP contribution in [0.5, 0.6) is 0 Å². The number of rotatable bonds is 2. The van der Waals surface area contributed by atoms with E-state index < -0.39 is 5.91 Å². The molecule has 2 heterocycles. The van der Waals surface area contributed by atoms with Gasteiger partial charge in [-0.3, -0.25) is 20.4 Å². The second-order valence-corrected chi connectivity index (χ2v) is 4.56. The number of nitrogens with zero attached hydrogens (tertiary/aromatic N) is 1. The topological polar surface area (TPSA) is 78.9 Å². The van der Waals surface area contributed by atoms with Crippen LogP contribution in [-0.2, 0) is 7.05 Å². The fraction of sp³-hybridized carbons (Fsp3) is 0.0909. The number of halogens is 1. The number of carbonyl (C=O) groups excluding carboxylic acids is 2. The quantitative estimate of drug-likeness (QED) is 0.729. The fourth-order valence-electron chi connectivity index (χ4n) is 1.47. The number of nitrogens with one attached hydrogen (secondary N) is 3. The molecule has 0 aromatic carbocycles. The number of hydrazine groups is 1. The Kier molecular flexibility index (Phi) is 3.52. The molecule has 2 rings (SSSR count). The van der Waals surface area contributed by atoms with Crippen molar-refractivity contribution in [1.82, 2.24) is 20.4 Å². The molecular weight excluding hydrogens is 300 g/mol. The van der Waals surface area contributed by atoms with E-state index in [1.54, 1.807) is 42.2 Å². The van der Waals surface area contributed by atoms with Crippen molar-refractivity contribution < 1.29 is 9.59 Å². The van der Waals surface area contributed by atoms with E-state index in [4.69, 9.17) is 0 Å². The van der Waals surface area contributed by atoms with Crippen LogP contribution in [-0.4, -0.2) is 21.4 Å². The van der Waals surface area contributed by atoms with Gasteiger partial charge >= 0.3 is 0 Å². The van der Waals surface area contributed by atoms with Gasteiger partial charge in [-0.15, -0.1) is 0 Å². The van der Waals surface area contributed by atoms with E-state index >= 15 is 0 Å². The largest absolute Gasteiger partial charge is 0.357 e. The number of hydrogen-bond donors (Lipinski definition) is 3. The maximum Gasteiger partial charge on any atom is 0.286 e. The lowest BCUT2D eigenvalue weighted by atomic mass is 10.4. The first kappa shape index (κ1) is 12.4. The molecule has 0 aliphatic heterocycles. The highest BCUT2D eigenvalue weighted by Gasteiger charge is 2.12. The molecule has 0 radical (unpaired) electrons. The average Bonchev–Trinajstić information content (AvgIpc) is 2.95. The van der Waals surface area contributed by atoms with Gasteiger partial charge in [-0.2, -0.15) is 0 Å². The lowest BCUT2D eigenvalue weighted by Crippen LogP contribution is -2.42. The summed E-state index contributed by atoms with van der Waals surface area (Å²) in [6, 6.07) is 4.97. The highest BCUT2D eigenvalue weighted by Crippen LogP contribution is 2.13. The first-order valence-corrected chi connectivity index (χ1v) is 5.93. The van der Waals surface area contributed by atoms with Gasteiger partial charge in [0.05, 0.1) is 0 Å². The molecule has 18 heavy (non-hydrogen) atoms. The molecule has 0 atom stereocenters. The van der Waals surface area contributed by atoms with Crippen LogP contribution in [0.4, 0.5) is 0 Å². The minimum absolute atomic E-state index is 0.378. The molecule has 0 saturated carbocycles. The van der Waals surface area contributed by atoms with E-state index in [1.165, 1.54) is 0 Å². The van der Waals surface area contributed by atoms with E-state index in [0.717, 1.165) is 4.47 Å². The molecule has 0 unspecified atom stereocenters. The predicted molar refractivity (Wildman–Crippen MR) is 68.8 cm³/mol. The Morgan fingerprint density at radius 2 is 2.06 bits per heavy atom. The average molecular weight is 311 g/mol. The summed E-state index contributed by atoms with van der Waals surface area (Å²) in [5, 5.41) is 0. The summed E-state index contributed by atoms with van der Waals surface area (Å²) in [4.78, 5) is 26.1. The Morgan fingerprint density at radius 3 is 2.61 bits per heavy atom. The monoisotopic (exact) mass is 310 g/mol. The standard InChI is InChI=1S/C11H11BrN4O2/c1-16-6-7(12)5-9(16)11(18)15-14-10(17)8-3-2-4-13-8/h2-6,13H,1H3,(H,14,17)(H,15,18). The molecule has 0 fully saturated rings. The van der Waals surface area contributed by atoms with E-state index in [2.05, 4.69) is 31.8 Å². The molecule has 0 saturated heterocycles. The molecule has 3 N–H and O–H groups in total. The first-order chi connectivity index (χ1) is 8.58. The summed E-state index contributed by atoms with van der Waals surface area (Å²) in [6.45, 7) is 0. The number of carbonyl (C=O) groups is 2. The molecule has 0 aliphatic rings. The van der Waals surface area contributed by atoms with E-state index in [9.17, 15) is 9.59 Å². The summed E-state index contributed by atoms with van der Waals surface area (Å²) in [6.07, 6.45) is 3.38. The molecule has 6 nitrogen and oxygen atoms in total. The number of aromatic nitrogens is 2. The number of aryl methyl sites for hydroxylation is 1. The number of H-pyrrole nitrogens is 1. The third kappa shape index (κ3) is 2.62. The third-order valence-corrected chi connectivity index (χ3v) is 2.77. The zero-order chi connectivity index (χ0) is 13.1. The highest BCUT2D eigenvalue weighted by atomic mass is 79.9. The maximum absolute atomic E-state index is 11.8. The SMILES string of the molecule is Cn1cc(Br)cc1C(=O)NNC(=O)c1ccc[nH]1. The van der Waals surface area contributed by atoms with Crippen molar-refractivity contribution in [1.29, 1.82) is 0 Å². The molecule has 0 aliphatic carbocycles. The molecule has 2 amide bonds. The number of hydrogen-bond acceptors (Lipinski definition) is 2. The van der Waals surface area contributed by atoms with Crippen LogP contribution in [0.1, 0.15) is 21.0 Å². The van der Waals surface area contributed by atoms with Crippen molar-refractivity contribution in [2.24, 2.45) is 7.05 Å². The fourth-order valence-corrected chi connectivity index (χ4v) is 1.99. The summed E-state index contributed by atoms with van der Waals surface area (Å²) in [5.41, 5.74) is 5.48. The van der Waals surface area contributed by atoms with Gasteiger partial charge in [0, 0.05) is 23.9 Å². The Labute approximate surface area is 111 Å². The van der Waals surface area contributed by atoms with Crippen molar-refractivity contribution in [3.05, 3.63) is 46.5 Å². The van der Waals surface area contributed by atoms with Gasteiger partial charge in [-0.1, -0.05) is 0 Å². The van der Waals surface area contributed by atoms with Crippen LogP contribution >= 0.6 is 15.9 Å². The molecule has 94 valence electrons. The molecular formula is C11H11BrN4O2. The molecule has 0 spiro atoms. The van der Waals surface area contributed by atoms with Gasteiger partial charge in [0.1, 0.15) is 11.4 Å². The number of aromatic amines is 1. The van der Waals surface area contributed by atoms with Crippen LogP contribution < -0.4 is 10.9 Å². The Hall–Kier alpha value is -2.02. The summed E-state index contributed by atoms with van der Waals surface area (Å²) >= 11 is 3.27. The smallest absolute Gasteiger partial charge is 0.286 e. The van der Waals surface area contributed by atoms with Crippen molar-refractivity contribution in [3.63, 3.8) is 0 Å². The Balaban J connectivity index is 1.97. The Bertz CT molecular complexity index is 574. The van der Waals surface area contributed by atoms with Crippen LogP contribution in [0.15, 0.2) is 35.1 Å². The summed E-state index contributed by atoms with van der Waals surface area (Å²) in [7, 11) is 1.74. The van der Waals surface area contributed by atoms with Crippen LogP contribution in [0.2, 0.25) is 0 Å². The normalized spacial score (nSPS) is 10.1. The second-order valence-electron chi connectivity index (χ2n) is 3.65. The molecule has 2 aromatic rings. The number of amides is 2. The van der Waals surface area contributed by atoms with Gasteiger partial charge < -0.3 is 9.55 Å². The van der Waals surface area contributed by atoms with Crippen molar-refractivity contribution in [2.75, 3.05) is 0 Å². The van der Waals surface area contributed by atoms with Crippen molar-refractivity contribution >= 4 is 27.7 Å². The van der Waals surface area contributed by atoms with Gasteiger partial charge in [0.25, 0.3) is 11.8 Å². The van der Waals surface area contributed by atoms with Gasteiger partial charge in [0.15, 0.2) is 0 Å². The van der Waals surface area contributed by atoms with Gasteiger partial charge in [0.2, 0.25) is 0 Å². The Morgan fingerprint density at radius 1 is 1.33 bits per heavy atom. The minimum Gasteiger partial charge on any atom is -0.357 e. The first-order valence-electron chi connectivity index (χ1n) is 5.14. The van der Waals surface area contributed by atoms with E-state index in [0.29, 0.717) is 11.4 Å². The van der Waals surface area contributed by atoms with Crippen LogP contribution in [0.25, 0.3) is 0 Å². The van der Waals surface area contributed by atoms with Crippen molar-refractivity contribution in [3.8, 4) is 0 Å². The van der Waals surface area contributed by atoms with E-state index in [-0.39, 0.29) is 5.91 Å². The molecule has 0 bridgehead atoms. The zero-order valence-electron chi connectivity index (χ0n) is 9.53. The van der Waals surface area contributed by atoms with Crippen LogP contribution in [0.3, 0.4) is 0 Å². The van der Waals surface area contributed by atoms with Crippen LogP contribution in [0, 0.1) is 0 Å². The third-order valence-electron chi connectivity index (χ3n) is 2.34. The molecule has 2 aromatic heterocycles. The second kappa shape index (κ2) is 5.09. The van der Waals surface area contributed by atoms with Gasteiger partial charge in [-0.25, -0.2) is 0 Å². The zero-order valence-corrected chi connectivity index (χ0v) is 11.1.